The fourth-order valence-electron chi connectivity index (χ4n) is 3.87. The summed E-state index contributed by atoms with van der Waals surface area (Å²) in [6, 6.07) is 4.11. The van der Waals surface area contributed by atoms with Crippen LogP contribution in [0.3, 0.4) is 0 Å². The van der Waals surface area contributed by atoms with E-state index < -0.39 is 6.10 Å². The van der Waals surface area contributed by atoms with Gasteiger partial charge in [0.2, 0.25) is 0 Å². The second-order valence-electron chi connectivity index (χ2n) is 5.87. The van der Waals surface area contributed by atoms with E-state index in [-0.39, 0.29) is 11.5 Å². The van der Waals surface area contributed by atoms with Crippen molar-refractivity contribution in [2.75, 3.05) is 13.7 Å². The van der Waals surface area contributed by atoms with Crippen molar-refractivity contribution in [3.8, 4) is 11.5 Å². The van der Waals surface area contributed by atoms with E-state index in [0.717, 1.165) is 31.0 Å². The van der Waals surface area contributed by atoms with E-state index in [1.54, 1.807) is 7.11 Å². The molecule has 106 valence electrons. The van der Waals surface area contributed by atoms with E-state index >= 15 is 0 Å². The van der Waals surface area contributed by atoms with E-state index in [2.05, 4.69) is 17.5 Å². The fraction of sp³-hybridized carbons (Fsp3) is 0.500. The van der Waals surface area contributed by atoms with Crippen LogP contribution in [0.5, 0.6) is 11.5 Å². The van der Waals surface area contributed by atoms with Crippen molar-refractivity contribution in [1.29, 1.82) is 0 Å². The number of hydrogen-bond donors (Lipinski definition) is 2. The SMILES string of the molecule is COc1ccc2c3c1O[C@@H]1C[C@@H](O)C=CC31CCNC2. The van der Waals surface area contributed by atoms with Gasteiger partial charge in [-0.25, -0.2) is 0 Å². The lowest BCUT2D eigenvalue weighted by Gasteiger charge is -2.35. The molecule has 0 amide bonds. The Morgan fingerprint density at radius 3 is 3.20 bits per heavy atom. The average Bonchev–Trinajstić information content (AvgIpc) is 2.66. The zero-order chi connectivity index (χ0) is 13.7. The Labute approximate surface area is 118 Å². The third kappa shape index (κ3) is 1.49. The summed E-state index contributed by atoms with van der Waals surface area (Å²) < 4.78 is 11.7. The maximum atomic E-state index is 9.92. The highest BCUT2D eigenvalue weighted by Gasteiger charge is 2.52. The maximum Gasteiger partial charge on any atom is 0.166 e. The number of aliphatic hydroxyl groups excluding tert-OH is 1. The second-order valence-corrected chi connectivity index (χ2v) is 5.87. The van der Waals surface area contributed by atoms with Crippen LogP contribution in [-0.4, -0.2) is 31.0 Å². The maximum absolute atomic E-state index is 9.92. The highest BCUT2D eigenvalue weighted by Crippen LogP contribution is 2.55. The monoisotopic (exact) mass is 273 g/mol. The van der Waals surface area contributed by atoms with Gasteiger partial charge in [0.05, 0.1) is 18.6 Å². The Hall–Kier alpha value is -1.52. The largest absolute Gasteiger partial charge is 0.493 e. The van der Waals surface area contributed by atoms with Gasteiger partial charge in [-0.05, 0) is 24.6 Å². The molecule has 3 aliphatic rings. The minimum atomic E-state index is -0.411. The molecule has 4 heteroatoms. The molecular weight excluding hydrogens is 254 g/mol. The summed E-state index contributed by atoms with van der Waals surface area (Å²) in [4.78, 5) is 0. The first-order valence-corrected chi connectivity index (χ1v) is 7.20. The molecule has 4 nitrogen and oxygen atoms in total. The Morgan fingerprint density at radius 1 is 1.45 bits per heavy atom. The lowest BCUT2D eigenvalue weighted by molar-refractivity contribution is 0.0851. The molecule has 20 heavy (non-hydrogen) atoms. The van der Waals surface area contributed by atoms with Gasteiger partial charge in [0.15, 0.2) is 11.5 Å². The average molecular weight is 273 g/mol. The summed E-state index contributed by atoms with van der Waals surface area (Å²) in [7, 11) is 1.68. The van der Waals surface area contributed by atoms with E-state index in [4.69, 9.17) is 9.47 Å². The molecule has 3 atom stereocenters. The number of ether oxygens (including phenoxy) is 2. The van der Waals surface area contributed by atoms with Gasteiger partial charge in [-0.2, -0.15) is 0 Å². The molecule has 1 aromatic carbocycles. The van der Waals surface area contributed by atoms with Crippen LogP contribution in [-0.2, 0) is 12.0 Å². The van der Waals surface area contributed by atoms with E-state index in [9.17, 15) is 5.11 Å². The van der Waals surface area contributed by atoms with Gasteiger partial charge in [-0.15, -0.1) is 0 Å². The molecule has 0 saturated heterocycles. The zero-order valence-corrected chi connectivity index (χ0v) is 11.6. The number of nitrogens with one attached hydrogen (secondary N) is 1. The summed E-state index contributed by atoms with van der Waals surface area (Å²) in [5.74, 6) is 1.67. The van der Waals surface area contributed by atoms with Crippen molar-refractivity contribution < 1.29 is 14.6 Å². The zero-order valence-electron chi connectivity index (χ0n) is 11.6. The number of rotatable bonds is 1. The molecule has 0 saturated carbocycles. The van der Waals surface area contributed by atoms with Gasteiger partial charge < -0.3 is 19.9 Å². The molecule has 1 unspecified atom stereocenters. The first-order valence-electron chi connectivity index (χ1n) is 7.20. The molecule has 0 bridgehead atoms. The third-order valence-corrected chi connectivity index (χ3v) is 4.83. The first-order chi connectivity index (χ1) is 9.74. The minimum absolute atomic E-state index is 0.00690. The van der Waals surface area contributed by atoms with Crippen molar-refractivity contribution >= 4 is 0 Å². The number of aliphatic hydroxyl groups is 1. The minimum Gasteiger partial charge on any atom is -0.493 e. The highest BCUT2D eigenvalue weighted by atomic mass is 16.5. The van der Waals surface area contributed by atoms with Crippen LogP contribution < -0.4 is 14.8 Å². The number of benzene rings is 1. The molecule has 0 radical (unpaired) electrons. The summed E-state index contributed by atoms with van der Waals surface area (Å²) in [6.07, 6.45) is 5.32. The van der Waals surface area contributed by atoms with Gasteiger partial charge >= 0.3 is 0 Å². The van der Waals surface area contributed by atoms with Crippen molar-refractivity contribution in [2.24, 2.45) is 0 Å². The summed E-state index contributed by atoms with van der Waals surface area (Å²) in [5, 5.41) is 13.4. The molecule has 0 fully saturated rings. The van der Waals surface area contributed by atoms with E-state index in [1.165, 1.54) is 11.1 Å². The van der Waals surface area contributed by atoms with Gasteiger partial charge in [-0.3, -0.25) is 0 Å². The lowest BCUT2D eigenvalue weighted by Crippen LogP contribution is -2.42. The molecular formula is C16H19NO3. The van der Waals surface area contributed by atoms with Gasteiger partial charge in [0.1, 0.15) is 6.10 Å². The Morgan fingerprint density at radius 2 is 2.35 bits per heavy atom. The van der Waals surface area contributed by atoms with Crippen molar-refractivity contribution in [2.45, 2.75) is 37.0 Å². The second kappa shape index (κ2) is 4.24. The molecule has 2 heterocycles. The van der Waals surface area contributed by atoms with Crippen LogP contribution in [0.1, 0.15) is 24.0 Å². The summed E-state index contributed by atoms with van der Waals surface area (Å²) in [6.45, 7) is 1.82. The van der Waals surface area contributed by atoms with Gasteiger partial charge in [0.25, 0.3) is 0 Å². The Balaban J connectivity index is 1.96. The van der Waals surface area contributed by atoms with Crippen molar-refractivity contribution in [1.82, 2.24) is 5.32 Å². The first kappa shape index (κ1) is 12.2. The van der Waals surface area contributed by atoms with Crippen molar-refractivity contribution in [3.05, 3.63) is 35.4 Å². The molecule has 1 aromatic rings. The Bertz CT molecular complexity index is 583. The van der Waals surface area contributed by atoms with Gasteiger partial charge in [0, 0.05) is 18.5 Å². The Kier molecular flexibility index (Phi) is 2.59. The highest BCUT2D eigenvalue weighted by molar-refractivity contribution is 5.60. The van der Waals surface area contributed by atoms with E-state index in [1.807, 2.05) is 12.1 Å². The van der Waals surface area contributed by atoms with Crippen LogP contribution in [0.15, 0.2) is 24.3 Å². The molecule has 1 aliphatic carbocycles. The third-order valence-electron chi connectivity index (χ3n) is 4.83. The normalized spacial score (nSPS) is 33.9. The van der Waals surface area contributed by atoms with Gasteiger partial charge in [-0.1, -0.05) is 18.2 Å². The van der Waals surface area contributed by atoms with Crippen LogP contribution in [0, 0.1) is 0 Å². The summed E-state index contributed by atoms with van der Waals surface area (Å²) >= 11 is 0. The standard InChI is InChI=1S/C16H19NO3/c1-19-12-3-2-10-9-17-7-6-16-5-4-11(18)8-13(16)20-15(12)14(10)16/h2-5,11,13,17-18H,6-9H2,1H3/t11-,13+,16?/m0/s1. The predicted molar refractivity (Wildman–Crippen MR) is 75.2 cm³/mol. The smallest absolute Gasteiger partial charge is 0.166 e. The van der Waals surface area contributed by atoms with E-state index in [0.29, 0.717) is 6.42 Å². The lowest BCUT2D eigenvalue weighted by atomic mass is 9.69. The van der Waals surface area contributed by atoms with Crippen LogP contribution >= 0.6 is 0 Å². The molecule has 4 rings (SSSR count). The van der Waals surface area contributed by atoms with Crippen LogP contribution in [0.2, 0.25) is 0 Å². The molecule has 1 spiro atoms. The molecule has 2 aliphatic heterocycles. The predicted octanol–water partition coefficient (Wildman–Crippen LogP) is 1.51. The topological polar surface area (TPSA) is 50.7 Å². The fourth-order valence-corrected chi connectivity index (χ4v) is 3.87. The quantitative estimate of drug-likeness (QED) is 0.762. The summed E-state index contributed by atoms with van der Waals surface area (Å²) in [5.41, 5.74) is 2.43. The molecule has 2 N–H and O–H groups in total. The number of hydrogen-bond acceptors (Lipinski definition) is 4. The van der Waals surface area contributed by atoms with Crippen LogP contribution in [0.25, 0.3) is 0 Å². The van der Waals surface area contributed by atoms with Crippen LogP contribution in [0.4, 0.5) is 0 Å². The van der Waals surface area contributed by atoms with Crippen molar-refractivity contribution in [3.63, 3.8) is 0 Å². The number of methoxy groups -OCH3 is 1. The molecule has 0 aromatic heterocycles.